The lowest BCUT2D eigenvalue weighted by atomic mass is 9.99. The lowest BCUT2D eigenvalue weighted by Crippen LogP contribution is -2.50. The molecule has 7 heteroatoms. The standard InChI is InChI=1S/C17H34N4O2.HI/c1-6-23-17(22)20-15(11-13(2)3)12-19-16(18-5)21-9-7-14(4)8-10-21;/h13-15H,6-12H2,1-5H3,(H,18,19)(H,20,22);1H. The summed E-state index contributed by atoms with van der Waals surface area (Å²) in [5.41, 5.74) is 0. The van der Waals surface area contributed by atoms with Gasteiger partial charge in [-0.1, -0.05) is 20.8 Å². The maximum Gasteiger partial charge on any atom is 0.407 e. The van der Waals surface area contributed by atoms with Crippen molar-refractivity contribution in [3.63, 3.8) is 0 Å². The van der Waals surface area contributed by atoms with Gasteiger partial charge in [-0.25, -0.2) is 4.79 Å². The van der Waals surface area contributed by atoms with Crippen molar-refractivity contribution in [2.24, 2.45) is 16.8 Å². The predicted molar refractivity (Wildman–Crippen MR) is 110 cm³/mol. The van der Waals surface area contributed by atoms with Crippen molar-refractivity contribution in [1.29, 1.82) is 0 Å². The number of nitrogens with one attached hydrogen (secondary N) is 2. The molecule has 0 radical (unpaired) electrons. The van der Waals surface area contributed by atoms with Crippen LogP contribution >= 0.6 is 24.0 Å². The van der Waals surface area contributed by atoms with Gasteiger partial charge in [0, 0.05) is 32.7 Å². The molecule has 1 aliphatic rings. The summed E-state index contributed by atoms with van der Waals surface area (Å²) in [6, 6.07) is 0.0366. The molecule has 1 heterocycles. The number of guanidine groups is 1. The summed E-state index contributed by atoms with van der Waals surface area (Å²) < 4.78 is 5.00. The number of ether oxygens (including phenoxy) is 1. The Morgan fingerprint density at radius 1 is 1.33 bits per heavy atom. The van der Waals surface area contributed by atoms with Gasteiger partial charge < -0.3 is 20.3 Å². The summed E-state index contributed by atoms with van der Waals surface area (Å²) in [6.07, 6.45) is 2.97. The highest BCUT2D eigenvalue weighted by Crippen LogP contribution is 2.15. The number of likely N-dealkylation sites (tertiary alicyclic amines) is 1. The van der Waals surface area contributed by atoms with E-state index in [1.165, 1.54) is 12.8 Å². The number of amides is 1. The second-order valence-corrected chi connectivity index (χ2v) is 6.79. The van der Waals surface area contributed by atoms with Crippen LogP contribution in [0.4, 0.5) is 4.79 Å². The first-order chi connectivity index (χ1) is 11.0. The lowest BCUT2D eigenvalue weighted by Gasteiger charge is -2.33. The molecule has 1 saturated heterocycles. The van der Waals surface area contributed by atoms with Crippen molar-refractivity contribution in [1.82, 2.24) is 15.5 Å². The van der Waals surface area contributed by atoms with Crippen LogP contribution in [0, 0.1) is 11.8 Å². The van der Waals surface area contributed by atoms with Crippen molar-refractivity contribution in [3.8, 4) is 0 Å². The van der Waals surface area contributed by atoms with Crippen molar-refractivity contribution < 1.29 is 9.53 Å². The van der Waals surface area contributed by atoms with E-state index in [0.29, 0.717) is 19.1 Å². The van der Waals surface area contributed by atoms with Crippen LogP contribution in [0.1, 0.15) is 47.0 Å². The normalized spacial score (nSPS) is 17.2. The van der Waals surface area contributed by atoms with Gasteiger partial charge in [-0.15, -0.1) is 24.0 Å². The predicted octanol–water partition coefficient (Wildman–Crippen LogP) is 3.07. The van der Waals surface area contributed by atoms with Crippen LogP contribution in [0.3, 0.4) is 0 Å². The number of carbonyl (C=O) groups is 1. The van der Waals surface area contributed by atoms with Gasteiger partial charge in [0.1, 0.15) is 0 Å². The third-order valence-corrected chi connectivity index (χ3v) is 4.15. The van der Waals surface area contributed by atoms with E-state index in [-0.39, 0.29) is 36.1 Å². The van der Waals surface area contributed by atoms with E-state index in [1.807, 2.05) is 14.0 Å². The summed E-state index contributed by atoms with van der Waals surface area (Å²) in [6.45, 7) is 11.6. The number of nitrogens with zero attached hydrogens (tertiary/aromatic N) is 2. The summed E-state index contributed by atoms with van der Waals surface area (Å²) in [5, 5.41) is 6.35. The Bertz CT molecular complexity index is 383. The quantitative estimate of drug-likeness (QED) is 0.368. The van der Waals surface area contributed by atoms with Crippen molar-refractivity contribution in [3.05, 3.63) is 0 Å². The summed E-state index contributed by atoms with van der Waals surface area (Å²) >= 11 is 0. The summed E-state index contributed by atoms with van der Waals surface area (Å²) in [4.78, 5) is 18.4. The highest BCUT2D eigenvalue weighted by molar-refractivity contribution is 14.0. The fourth-order valence-corrected chi connectivity index (χ4v) is 2.87. The van der Waals surface area contributed by atoms with Crippen molar-refractivity contribution >= 4 is 36.0 Å². The van der Waals surface area contributed by atoms with E-state index < -0.39 is 0 Å². The van der Waals surface area contributed by atoms with Gasteiger partial charge in [-0.3, -0.25) is 4.99 Å². The van der Waals surface area contributed by atoms with Gasteiger partial charge in [0.15, 0.2) is 5.96 Å². The third-order valence-electron chi connectivity index (χ3n) is 4.15. The Morgan fingerprint density at radius 3 is 2.46 bits per heavy atom. The SMILES string of the molecule is CCOC(=O)NC(CNC(=NC)N1CCC(C)CC1)CC(C)C.I. The number of alkyl carbamates (subject to hydrolysis) is 1. The molecule has 0 aromatic rings. The largest absolute Gasteiger partial charge is 0.450 e. The Labute approximate surface area is 164 Å². The van der Waals surface area contributed by atoms with E-state index >= 15 is 0 Å². The minimum Gasteiger partial charge on any atom is -0.450 e. The molecule has 1 aliphatic heterocycles. The highest BCUT2D eigenvalue weighted by Gasteiger charge is 2.20. The first-order valence-corrected chi connectivity index (χ1v) is 8.85. The minimum absolute atomic E-state index is 0. The fraction of sp³-hybridized carbons (Fsp3) is 0.882. The molecule has 6 nitrogen and oxygen atoms in total. The molecule has 142 valence electrons. The monoisotopic (exact) mass is 454 g/mol. The van der Waals surface area contributed by atoms with E-state index in [2.05, 4.69) is 41.3 Å². The molecule has 24 heavy (non-hydrogen) atoms. The van der Waals surface area contributed by atoms with Crippen LogP contribution in [0.15, 0.2) is 4.99 Å². The molecular weight excluding hydrogens is 419 g/mol. The molecule has 0 aromatic carbocycles. The first kappa shape index (κ1) is 23.3. The molecule has 1 unspecified atom stereocenters. The van der Waals surface area contributed by atoms with Gasteiger partial charge in [0.2, 0.25) is 0 Å². The van der Waals surface area contributed by atoms with Crippen LogP contribution in [0.25, 0.3) is 0 Å². The smallest absolute Gasteiger partial charge is 0.407 e. The molecule has 1 fully saturated rings. The minimum atomic E-state index is -0.346. The molecule has 0 aromatic heterocycles. The molecule has 2 N–H and O–H groups in total. The topological polar surface area (TPSA) is 66.0 Å². The maximum atomic E-state index is 11.7. The van der Waals surface area contributed by atoms with Crippen LogP contribution < -0.4 is 10.6 Å². The number of hydrogen-bond acceptors (Lipinski definition) is 3. The highest BCUT2D eigenvalue weighted by atomic mass is 127. The second kappa shape index (κ2) is 12.6. The van der Waals surface area contributed by atoms with Gasteiger partial charge in [0.25, 0.3) is 0 Å². The Kier molecular flexibility index (Phi) is 12.2. The number of halogens is 1. The number of rotatable bonds is 6. The molecule has 1 atom stereocenters. The zero-order valence-electron chi connectivity index (χ0n) is 15.8. The molecule has 0 bridgehead atoms. The molecular formula is C17H35IN4O2. The van der Waals surface area contributed by atoms with Gasteiger partial charge in [-0.2, -0.15) is 0 Å². The van der Waals surface area contributed by atoms with Crippen LogP contribution in [-0.2, 0) is 4.74 Å². The average molecular weight is 454 g/mol. The number of hydrogen-bond donors (Lipinski definition) is 2. The molecule has 1 rings (SSSR count). The van der Waals surface area contributed by atoms with Crippen molar-refractivity contribution in [2.75, 3.05) is 33.3 Å². The van der Waals surface area contributed by atoms with Crippen LogP contribution in [-0.4, -0.2) is 56.3 Å². The van der Waals surface area contributed by atoms with E-state index in [1.54, 1.807) is 0 Å². The molecule has 0 aliphatic carbocycles. The summed E-state index contributed by atoms with van der Waals surface area (Å²) in [7, 11) is 1.82. The van der Waals surface area contributed by atoms with Crippen molar-refractivity contribution in [2.45, 2.75) is 53.0 Å². The lowest BCUT2D eigenvalue weighted by molar-refractivity contribution is 0.146. The number of carbonyl (C=O) groups excluding carboxylic acids is 1. The van der Waals surface area contributed by atoms with E-state index in [9.17, 15) is 4.79 Å². The molecule has 0 saturated carbocycles. The Hall–Kier alpha value is -0.730. The Balaban J connectivity index is 0.00000529. The fourth-order valence-electron chi connectivity index (χ4n) is 2.87. The van der Waals surface area contributed by atoms with Gasteiger partial charge in [-0.05, 0) is 38.0 Å². The second-order valence-electron chi connectivity index (χ2n) is 6.79. The maximum absolute atomic E-state index is 11.7. The van der Waals surface area contributed by atoms with Crippen LogP contribution in [0.2, 0.25) is 0 Å². The molecule has 0 spiro atoms. The first-order valence-electron chi connectivity index (χ1n) is 8.85. The summed E-state index contributed by atoms with van der Waals surface area (Å²) in [5.74, 6) is 2.22. The van der Waals surface area contributed by atoms with Crippen LogP contribution in [0.5, 0.6) is 0 Å². The van der Waals surface area contributed by atoms with E-state index in [0.717, 1.165) is 31.4 Å². The van der Waals surface area contributed by atoms with Gasteiger partial charge >= 0.3 is 6.09 Å². The van der Waals surface area contributed by atoms with Gasteiger partial charge in [0.05, 0.1) is 6.61 Å². The average Bonchev–Trinajstić information content (AvgIpc) is 2.49. The number of aliphatic imine (C=N–C) groups is 1. The zero-order chi connectivity index (χ0) is 17.2. The third kappa shape index (κ3) is 8.94. The zero-order valence-corrected chi connectivity index (χ0v) is 18.1. The number of piperidine rings is 1. The molecule has 1 amide bonds. The Morgan fingerprint density at radius 2 is 1.96 bits per heavy atom. The van der Waals surface area contributed by atoms with E-state index in [4.69, 9.17) is 4.74 Å².